The third kappa shape index (κ3) is 3.60. The molecule has 0 spiro atoms. The zero-order chi connectivity index (χ0) is 14.4. The molecule has 108 valence electrons. The van der Waals surface area contributed by atoms with Crippen LogP contribution in [-0.2, 0) is 13.1 Å². The van der Waals surface area contributed by atoms with Crippen molar-refractivity contribution in [3.63, 3.8) is 0 Å². The number of imidazole rings is 1. The molecule has 0 saturated carbocycles. The summed E-state index contributed by atoms with van der Waals surface area (Å²) in [5.74, 6) is 0. The molecule has 2 rings (SSSR count). The van der Waals surface area contributed by atoms with Crippen molar-refractivity contribution in [2.75, 3.05) is 11.9 Å². The van der Waals surface area contributed by atoms with E-state index in [2.05, 4.69) is 15.4 Å². The van der Waals surface area contributed by atoms with Gasteiger partial charge in [-0.3, -0.25) is 4.79 Å². The first-order chi connectivity index (χ1) is 9.72. The van der Waals surface area contributed by atoms with E-state index in [1.165, 1.54) is 4.68 Å². The Kier molecular flexibility index (Phi) is 5.17. The van der Waals surface area contributed by atoms with Crippen molar-refractivity contribution in [1.82, 2.24) is 19.3 Å². The second kappa shape index (κ2) is 7.09. The van der Waals surface area contributed by atoms with Crippen LogP contribution in [0.3, 0.4) is 0 Å². The molecular formula is C13H18ClN5O. The van der Waals surface area contributed by atoms with Gasteiger partial charge in [0.2, 0.25) is 0 Å². The largest absolute Gasteiger partial charge is 0.382 e. The van der Waals surface area contributed by atoms with Crippen molar-refractivity contribution in [2.24, 2.45) is 0 Å². The minimum Gasteiger partial charge on any atom is -0.382 e. The van der Waals surface area contributed by atoms with Gasteiger partial charge in [0, 0.05) is 32.0 Å². The molecular weight excluding hydrogens is 278 g/mol. The third-order valence-corrected chi connectivity index (χ3v) is 3.25. The van der Waals surface area contributed by atoms with Crippen LogP contribution in [0, 0.1) is 0 Å². The Morgan fingerprint density at radius 1 is 1.40 bits per heavy atom. The van der Waals surface area contributed by atoms with Gasteiger partial charge in [0.1, 0.15) is 5.02 Å². The Morgan fingerprint density at radius 2 is 2.25 bits per heavy atom. The third-order valence-electron chi connectivity index (χ3n) is 2.89. The van der Waals surface area contributed by atoms with E-state index in [0.29, 0.717) is 12.2 Å². The number of nitrogens with one attached hydrogen (secondary N) is 1. The molecule has 2 aromatic heterocycles. The van der Waals surface area contributed by atoms with Gasteiger partial charge in [-0.05, 0) is 12.8 Å². The summed E-state index contributed by atoms with van der Waals surface area (Å²) in [6.07, 6.45) is 8.81. The minimum absolute atomic E-state index is 0.205. The summed E-state index contributed by atoms with van der Waals surface area (Å²) in [6, 6.07) is 0. The molecule has 0 fully saturated rings. The lowest BCUT2D eigenvalue weighted by Crippen LogP contribution is -2.24. The molecule has 6 nitrogen and oxygen atoms in total. The van der Waals surface area contributed by atoms with E-state index in [-0.39, 0.29) is 10.6 Å². The van der Waals surface area contributed by atoms with Crippen LogP contribution in [0.4, 0.5) is 5.69 Å². The van der Waals surface area contributed by atoms with Gasteiger partial charge < -0.3 is 9.88 Å². The molecule has 0 unspecified atom stereocenters. The van der Waals surface area contributed by atoms with Crippen molar-refractivity contribution < 1.29 is 0 Å². The van der Waals surface area contributed by atoms with Crippen LogP contribution in [0.2, 0.25) is 5.02 Å². The molecule has 0 aromatic carbocycles. The molecule has 2 aromatic rings. The van der Waals surface area contributed by atoms with Crippen molar-refractivity contribution >= 4 is 17.3 Å². The van der Waals surface area contributed by atoms with Gasteiger partial charge in [-0.2, -0.15) is 5.10 Å². The minimum atomic E-state index is -0.242. The summed E-state index contributed by atoms with van der Waals surface area (Å²) in [4.78, 5) is 15.9. The molecule has 2 heterocycles. The van der Waals surface area contributed by atoms with Gasteiger partial charge in [-0.15, -0.1) is 0 Å². The smallest absolute Gasteiger partial charge is 0.287 e. The first-order valence-electron chi connectivity index (χ1n) is 6.67. The lowest BCUT2D eigenvalue weighted by Gasteiger charge is -2.10. The van der Waals surface area contributed by atoms with Crippen molar-refractivity contribution in [2.45, 2.75) is 32.9 Å². The highest BCUT2D eigenvalue weighted by molar-refractivity contribution is 6.32. The number of nitrogens with zero attached hydrogens (tertiary/aromatic N) is 4. The topological polar surface area (TPSA) is 64.7 Å². The fourth-order valence-corrected chi connectivity index (χ4v) is 2.08. The average molecular weight is 296 g/mol. The van der Waals surface area contributed by atoms with Gasteiger partial charge >= 0.3 is 0 Å². The summed E-state index contributed by atoms with van der Waals surface area (Å²) in [6.45, 7) is 4.16. The second-order valence-electron chi connectivity index (χ2n) is 4.48. The fraction of sp³-hybridized carbons (Fsp3) is 0.462. The van der Waals surface area contributed by atoms with Gasteiger partial charge in [0.15, 0.2) is 0 Å². The van der Waals surface area contributed by atoms with E-state index in [0.717, 1.165) is 25.9 Å². The number of hydrogen-bond donors (Lipinski definition) is 1. The van der Waals surface area contributed by atoms with E-state index in [4.69, 9.17) is 11.6 Å². The van der Waals surface area contributed by atoms with Crippen LogP contribution in [0.1, 0.15) is 19.8 Å². The van der Waals surface area contributed by atoms with Crippen LogP contribution in [-0.4, -0.2) is 25.9 Å². The van der Waals surface area contributed by atoms with Crippen LogP contribution >= 0.6 is 11.6 Å². The van der Waals surface area contributed by atoms with E-state index in [1.54, 1.807) is 18.7 Å². The second-order valence-corrected chi connectivity index (χ2v) is 4.86. The predicted octanol–water partition coefficient (Wildman–Crippen LogP) is 2.01. The molecule has 0 atom stereocenters. The van der Waals surface area contributed by atoms with Gasteiger partial charge in [-0.1, -0.05) is 18.5 Å². The van der Waals surface area contributed by atoms with Gasteiger partial charge in [0.25, 0.3) is 5.56 Å². The summed E-state index contributed by atoms with van der Waals surface area (Å²) in [5.41, 5.74) is 0.350. The quantitative estimate of drug-likeness (QED) is 0.794. The molecule has 0 aliphatic rings. The summed E-state index contributed by atoms with van der Waals surface area (Å²) >= 11 is 6.06. The molecule has 1 N–H and O–H groups in total. The van der Waals surface area contributed by atoms with E-state index < -0.39 is 0 Å². The molecule has 0 aliphatic heterocycles. The maximum Gasteiger partial charge on any atom is 0.287 e. The van der Waals surface area contributed by atoms with E-state index in [1.807, 2.05) is 17.7 Å². The SMILES string of the molecule is CCCn1ncc(NCCCn2ccnc2)c(Cl)c1=O. The normalized spacial score (nSPS) is 10.7. The molecule has 0 amide bonds. The highest BCUT2D eigenvalue weighted by Crippen LogP contribution is 2.15. The van der Waals surface area contributed by atoms with Crippen LogP contribution in [0.25, 0.3) is 0 Å². The van der Waals surface area contributed by atoms with E-state index >= 15 is 0 Å². The highest BCUT2D eigenvalue weighted by Gasteiger charge is 2.08. The zero-order valence-electron chi connectivity index (χ0n) is 11.4. The molecule has 20 heavy (non-hydrogen) atoms. The number of rotatable bonds is 7. The van der Waals surface area contributed by atoms with Crippen molar-refractivity contribution in [1.29, 1.82) is 0 Å². The average Bonchev–Trinajstić information content (AvgIpc) is 2.95. The lowest BCUT2D eigenvalue weighted by molar-refractivity contribution is 0.568. The summed E-state index contributed by atoms with van der Waals surface area (Å²) < 4.78 is 3.39. The fourth-order valence-electron chi connectivity index (χ4n) is 1.86. The van der Waals surface area contributed by atoms with Crippen molar-refractivity contribution in [3.8, 4) is 0 Å². The summed E-state index contributed by atoms with van der Waals surface area (Å²) in [7, 11) is 0. The zero-order valence-corrected chi connectivity index (χ0v) is 12.2. The molecule has 0 aliphatic carbocycles. The Labute approximate surface area is 122 Å². The summed E-state index contributed by atoms with van der Waals surface area (Å²) in [5, 5.41) is 7.45. The lowest BCUT2D eigenvalue weighted by atomic mass is 10.3. The number of hydrogen-bond acceptors (Lipinski definition) is 4. The number of halogens is 1. The first kappa shape index (κ1) is 14.6. The van der Waals surface area contributed by atoms with Gasteiger partial charge in [-0.25, -0.2) is 9.67 Å². The maximum absolute atomic E-state index is 11.9. The van der Waals surface area contributed by atoms with Gasteiger partial charge in [0.05, 0.1) is 18.2 Å². The highest BCUT2D eigenvalue weighted by atomic mass is 35.5. The Morgan fingerprint density at radius 3 is 2.95 bits per heavy atom. The first-order valence-corrected chi connectivity index (χ1v) is 7.05. The van der Waals surface area contributed by atoms with Crippen molar-refractivity contribution in [3.05, 3.63) is 40.3 Å². The van der Waals surface area contributed by atoms with Crippen LogP contribution in [0.5, 0.6) is 0 Å². The maximum atomic E-state index is 11.9. The Hall–Kier alpha value is -1.82. The molecule has 0 radical (unpaired) electrons. The Bertz CT molecular complexity index is 593. The molecule has 0 bridgehead atoms. The monoisotopic (exact) mass is 295 g/mol. The number of aromatic nitrogens is 4. The van der Waals surface area contributed by atoms with Crippen LogP contribution < -0.4 is 10.9 Å². The van der Waals surface area contributed by atoms with Crippen LogP contribution in [0.15, 0.2) is 29.7 Å². The predicted molar refractivity (Wildman–Crippen MR) is 79.1 cm³/mol. The van der Waals surface area contributed by atoms with E-state index in [9.17, 15) is 4.79 Å². The number of anilines is 1. The molecule has 7 heteroatoms. The standard InChI is InChI=1S/C13H18ClN5O/c1-2-6-19-13(20)12(14)11(9-17-19)16-4-3-7-18-8-5-15-10-18/h5,8-10,16H,2-4,6-7H2,1H3. The molecule has 0 saturated heterocycles. The number of aryl methyl sites for hydroxylation is 2. The Balaban J connectivity index is 1.89.